The molecule has 0 saturated heterocycles. The molecule has 0 aliphatic carbocycles. The summed E-state index contributed by atoms with van der Waals surface area (Å²) in [6.45, 7) is 3.07. The van der Waals surface area contributed by atoms with Gasteiger partial charge >= 0.3 is 0 Å². The molecule has 0 saturated carbocycles. The number of hydrogen-bond donors (Lipinski definition) is 3. The lowest BCUT2D eigenvalue weighted by molar-refractivity contribution is 0.101. The maximum atomic E-state index is 11.3. The summed E-state index contributed by atoms with van der Waals surface area (Å²) in [5.74, 6) is -1.12. The lowest BCUT2D eigenvalue weighted by Gasteiger charge is -2.13. The van der Waals surface area contributed by atoms with Gasteiger partial charge < -0.3 is 15.9 Å². The number of carbonyl (C=O) groups is 1. The van der Waals surface area contributed by atoms with Gasteiger partial charge in [-0.05, 0) is 18.9 Å². The lowest BCUT2D eigenvalue weighted by atomic mass is 9.99. The third-order valence-corrected chi connectivity index (χ3v) is 2.63. The Bertz CT molecular complexity index is 429. The molecule has 0 radical (unpaired) electrons. The van der Waals surface area contributed by atoms with Crippen LogP contribution in [-0.4, -0.2) is 16.0 Å². The molecule has 0 unspecified atom stereocenters. The first-order valence-electron chi connectivity index (χ1n) is 4.44. The summed E-state index contributed by atoms with van der Waals surface area (Å²) in [7, 11) is 0. The zero-order chi connectivity index (χ0) is 11.7. The normalized spacial score (nSPS) is 10.3. The number of benzene rings is 1. The van der Waals surface area contributed by atoms with Crippen molar-refractivity contribution >= 4 is 23.1 Å². The number of rotatable bonds is 2. The van der Waals surface area contributed by atoms with Gasteiger partial charge in [-0.3, -0.25) is 4.79 Å². The van der Waals surface area contributed by atoms with Gasteiger partial charge in [-0.15, -0.1) is 0 Å². The molecular weight excluding hydrogens is 218 g/mol. The van der Waals surface area contributed by atoms with E-state index in [4.69, 9.17) is 17.3 Å². The molecule has 15 heavy (non-hydrogen) atoms. The van der Waals surface area contributed by atoms with E-state index in [0.29, 0.717) is 12.0 Å². The first kappa shape index (κ1) is 11.7. The van der Waals surface area contributed by atoms with Crippen LogP contribution < -0.4 is 5.73 Å². The topological polar surface area (TPSA) is 83.6 Å². The Kier molecular flexibility index (Phi) is 3.09. The van der Waals surface area contributed by atoms with Gasteiger partial charge in [0.2, 0.25) is 0 Å². The molecule has 0 aliphatic rings. The van der Waals surface area contributed by atoms with Gasteiger partial charge in [0.05, 0.1) is 10.6 Å². The van der Waals surface area contributed by atoms with Crippen molar-refractivity contribution < 1.29 is 15.0 Å². The zero-order valence-electron chi connectivity index (χ0n) is 8.47. The van der Waals surface area contributed by atoms with E-state index in [1.54, 1.807) is 6.92 Å². The monoisotopic (exact) mass is 229 g/mol. The number of phenols is 2. The van der Waals surface area contributed by atoms with Crippen molar-refractivity contribution in [1.82, 2.24) is 0 Å². The fraction of sp³-hybridized carbons (Fsp3) is 0.300. The van der Waals surface area contributed by atoms with Crippen LogP contribution in [0, 0.1) is 0 Å². The molecule has 0 fully saturated rings. The van der Waals surface area contributed by atoms with Crippen LogP contribution >= 0.6 is 11.6 Å². The number of anilines is 1. The molecule has 4 nitrogen and oxygen atoms in total. The summed E-state index contributed by atoms with van der Waals surface area (Å²) >= 11 is 5.83. The lowest BCUT2D eigenvalue weighted by Crippen LogP contribution is -2.03. The number of nitrogens with two attached hydrogens (primary N) is 1. The number of nitrogen functional groups attached to an aromatic ring is 1. The summed E-state index contributed by atoms with van der Waals surface area (Å²) in [4.78, 5) is 11.3. The summed E-state index contributed by atoms with van der Waals surface area (Å²) in [5, 5.41) is 19.1. The molecule has 1 aromatic carbocycles. The van der Waals surface area contributed by atoms with E-state index in [1.165, 1.54) is 6.92 Å². The van der Waals surface area contributed by atoms with Crippen molar-refractivity contribution in [3.05, 3.63) is 16.1 Å². The zero-order valence-corrected chi connectivity index (χ0v) is 9.22. The van der Waals surface area contributed by atoms with Crippen molar-refractivity contribution in [2.45, 2.75) is 20.3 Å². The number of ketones is 1. The fourth-order valence-electron chi connectivity index (χ4n) is 1.47. The smallest absolute Gasteiger partial charge is 0.163 e. The van der Waals surface area contributed by atoms with Crippen molar-refractivity contribution in [2.75, 3.05) is 5.73 Å². The number of carbonyl (C=O) groups excluding carboxylic acids is 1. The Hall–Kier alpha value is -1.42. The molecule has 5 heteroatoms. The van der Waals surface area contributed by atoms with Crippen LogP contribution in [0.4, 0.5) is 5.69 Å². The summed E-state index contributed by atoms with van der Waals surface area (Å²) in [6.07, 6.45) is 0.426. The second kappa shape index (κ2) is 3.98. The average molecular weight is 230 g/mol. The van der Waals surface area contributed by atoms with E-state index < -0.39 is 5.75 Å². The van der Waals surface area contributed by atoms with Gasteiger partial charge in [-0.25, -0.2) is 0 Å². The SMILES string of the molecule is CCc1c(Cl)c(O)c(N)c(O)c1C(C)=O. The van der Waals surface area contributed by atoms with Gasteiger partial charge in [0.15, 0.2) is 17.3 Å². The predicted molar refractivity (Wildman–Crippen MR) is 58.6 cm³/mol. The van der Waals surface area contributed by atoms with Crippen molar-refractivity contribution in [3.8, 4) is 11.5 Å². The number of Topliss-reactive ketones (excluding diaryl/α,β-unsaturated/α-hetero) is 1. The van der Waals surface area contributed by atoms with E-state index in [2.05, 4.69) is 0 Å². The van der Waals surface area contributed by atoms with Crippen LogP contribution in [0.25, 0.3) is 0 Å². The first-order chi connectivity index (χ1) is 6.91. The molecule has 1 rings (SSSR count). The molecule has 0 aromatic heterocycles. The quantitative estimate of drug-likeness (QED) is 0.412. The van der Waals surface area contributed by atoms with E-state index in [0.717, 1.165) is 0 Å². The summed E-state index contributed by atoms with van der Waals surface area (Å²) in [6, 6.07) is 0. The maximum absolute atomic E-state index is 11.3. The van der Waals surface area contributed by atoms with Crippen LogP contribution in [0.1, 0.15) is 29.8 Å². The molecule has 1 aromatic rings. The summed E-state index contributed by atoms with van der Waals surface area (Å²) in [5.41, 5.74) is 5.64. The molecule has 0 atom stereocenters. The van der Waals surface area contributed by atoms with Crippen molar-refractivity contribution in [2.24, 2.45) is 0 Å². The molecule has 0 spiro atoms. The number of hydrogen-bond acceptors (Lipinski definition) is 4. The van der Waals surface area contributed by atoms with Gasteiger partial charge in [0.1, 0.15) is 5.69 Å². The van der Waals surface area contributed by atoms with Gasteiger partial charge in [0, 0.05) is 0 Å². The Balaban J connectivity index is 3.70. The maximum Gasteiger partial charge on any atom is 0.163 e. The van der Waals surface area contributed by atoms with Crippen molar-refractivity contribution in [1.29, 1.82) is 0 Å². The predicted octanol–water partition coefficient (Wildman–Crippen LogP) is 2.10. The highest BCUT2D eigenvalue weighted by molar-refractivity contribution is 6.34. The molecule has 0 bridgehead atoms. The first-order valence-corrected chi connectivity index (χ1v) is 4.82. The van der Waals surface area contributed by atoms with Crippen LogP contribution in [0.3, 0.4) is 0 Å². The second-order valence-corrected chi connectivity index (χ2v) is 3.57. The van der Waals surface area contributed by atoms with Crippen molar-refractivity contribution in [3.63, 3.8) is 0 Å². The van der Waals surface area contributed by atoms with Crippen LogP contribution in [0.2, 0.25) is 5.02 Å². The minimum Gasteiger partial charge on any atom is -0.505 e. The Morgan fingerprint density at radius 2 is 1.93 bits per heavy atom. The Morgan fingerprint density at radius 1 is 1.40 bits per heavy atom. The Labute approximate surface area is 92.3 Å². The van der Waals surface area contributed by atoms with Crippen LogP contribution in [-0.2, 0) is 6.42 Å². The van der Waals surface area contributed by atoms with Crippen LogP contribution in [0.15, 0.2) is 0 Å². The largest absolute Gasteiger partial charge is 0.505 e. The third kappa shape index (κ3) is 1.72. The Morgan fingerprint density at radius 3 is 2.33 bits per heavy atom. The number of halogens is 1. The minimum atomic E-state index is -0.402. The number of aromatic hydroxyl groups is 2. The summed E-state index contributed by atoms with van der Waals surface area (Å²) < 4.78 is 0. The van der Waals surface area contributed by atoms with Crippen LogP contribution in [0.5, 0.6) is 11.5 Å². The third-order valence-electron chi connectivity index (χ3n) is 2.23. The minimum absolute atomic E-state index is 0.0259. The highest BCUT2D eigenvalue weighted by atomic mass is 35.5. The van der Waals surface area contributed by atoms with Gasteiger partial charge in [-0.2, -0.15) is 0 Å². The fourth-order valence-corrected chi connectivity index (χ4v) is 1.80. The standard InChI is InChI=1S/C10H12ClNO3/c1-3-5-6(4(2)13)9(14)8(12)10(15)7(5)11/h14-15H,3,12H2,1-2H3. The van der Waals surface area contributed by atoms with Gasteiger partial charge in [0.25, 0.3) is 0 Å². The molecule has 0 aliphatic heterocycles. The second-order valence-electron chi connectivity index (χ2n) is 3.19. The van der Waals surface area contributed by atoms with E-state index in [-0.39, 0.29) is 27.8 Å². The molecule has 82 valence electrons. The molecule has 4 N–H and O–H groups in total. The highest BCUT2D eigenvalue weighted by Gasteiger charge is 2.22. The number of phenolic OH excluding ortho intramolecular Hbond substituents is 2. The van der Waals surface area contributed by atoms with E-state index in [9.17, 15) is 15.0 Å². The van der Waals surface area contributed by atoms with E-state index >= 15 is 0 Å². The molecule has 0 heterocycles. The molecule has 0 amide bonds. The highest BCUT2D eigenvalue weighted by Crippen LogP contribution is 2.43. The van der Waals surface area contributed by atoms with E-state index in [1.807, 2.05) is 0 Å². The average Bonchev–Trinajstić information content (AvgIpc) is 2.19. The molecular formula is C10H12ClNO3. The van der Waals surface area contributed by atoms with Gasteiger partial charge in [-0.1, -0.05) is 18.5 Å².